The van der Waals surface area contributed by atoms with Gasteiger partial charge in [-0.2, -0.15) is 0 Å². The molecule has 0 spiro atoms. The highest BCUT2D eigenvalue weighted by Crippen LogP contribution is 2.24. The number of nitrogens with zero attached hydrogens (tertiary/aromatic N) is 2. The number of hydrogen-bond acceptors (Lipinski definition) is 4. The van der Waals surface area contributed by atoms with Gasteiger partial charge in [-0.1, -0.05) is 0 Å². The van der Waals surface area contributed by atoms with Crippen molar-refractivity contribution in [3.05, 3.63) is 36.1 Å². The van der Waals surface area contributed by atoms with Crippen molar-refractivity contribution in [1.29, 1.82) is 0 Å². The van der Waals surface area contributed by atoms with Crippen LogP contribution in [-0.4, -0.2) is 23.6 Å². The Morgan fingerprint density at radius 2 is 2.43 bits per heavy atom. The molecule has 0 bridgehead atoms. The number of ether oxygens (including phenoxy) is 1. The molecule has 1 aliphatic heterocycles. The third-order valence-corrected chi connectivity index (χ3v) is 2.28. The standard InChI is InChI=1S/C10H13N3O/c1-11-10(8-2-5-14-7-8)9-6-12-3-4-13-9/h3-4,6-7,10-11H,2,5H2,1H3. The zero-order valence-corrected chi connectivity index (χ0v) is 8.10. The van der Waals surface area contributed by atoms with E-state index in [4.69, 9.17) is 4.74 Å². The quantitative estimate of drug-likeness (QED) is 0.775. The summed E-state index contributed by atoms with van der Waals surface area (Å²) in [6, 6.07) is 0.131. The zero-order valence-electron chi connectivity index (χ0n) is 8.10. The van der Waals surface area contributed by atoms with Gasteiger partial charge in [0.2, 0.25) is 0 Å². The first-order chi connectivity index (χ1) is 6.92. The Morgan fingerprint density at radius 3 is 3.00 bits per heavy atom. The molecule has 0 saturated heterocycles. The second kappa shape index (κ2) is 4.19. The minimum Gasteiger partial charge on any atom is -0.501 e. The summed E-state index contributed by atoms with van der Waals surface area (Å²) in [5.74, 6) is 0. The predicted molar refractivity (Wildman–Crippen MR) is 52.5 cm³/mol. The molecule has 0 radical (unpaired) electrons. The van der Waals surface area contributed by atoms with Crippen molar-refractivity contribution in [3.63, 3.8) is 0 Å². The molecule has 0 saturated carbocycles. The fourth-order valence-corrected chi connectivity index (χ4v) is 1.60. The van der Waals surface area contributed by atoms with Gasteiger partial charge < -0.3 is 10.1 Å². The van der Waals surface area contributed by atoms with Crippen LogP contribution in [-0.2, 0) is 4.74 Å². The molecule has 14 heavy (non-hydrogen) atoms. The molecule has 4 heteroatoms. The molecule has 1 N–H and O–H groups in total. The van der Waals surface area contributed by atoms with Crippen LogP contribution in [0.15, 0.2) is 30.4 Å². The van der Waals surface area contributed by atoms with Crippen LogP contribution in [0.4, 0.5) is 0 Å². The molecule has 74 valence electrons. The first kappa shape index (κ1) is 9.15. The Hall–Kier alpha value is -1.42. The van der Waals surface area contributed by atoms with E-state index in [1.807, 2.05) is 13.3 Å². The average molecular weight is 191 g/mol. The van der Waals surface area contributed by atoms with Gasteiger partial charge in [-0.15, -0.1) is 0 Å². The second-order valence-electron chi connectivity index (χ2n) is 3.17. The molecule has 4 nitrogen and oxygen atoms in total. The van der Waals surface area contributed by atoms with Crippen molar-refractivity contribution in [3.8, 4) is 0 Å². The van der Waals surface area contributed by atoms with Gasteiger partial charge in [-0.3, -0.25) is 9.97 Å². The Labute approximate surface area is 83.0 Å². The lowest BCUT2D eigenvalue weighted by Crippen LogP contribution is -2.19. The first-order valence-electron chi connectivity index (χ1n) is 4.65. The van der Waals surface area contributed by atoms with Crippen LogP contribution < -0.4 is 5.32 Å². The molecular formula is C10H13N3O. The van der Waals surface area contributed by atoms with Crippen molar-refractivity contribution in [2.45, 2.75) is 12.5 Å². The van der Waals surface area contributed by atoms with Crippen LogP contribution in [0.2, 0.25) is 0 Å². The molecule has 0 aromatic carbocycles. The summed E-state index contributed by atoms with van der Waals surface area (Å²) in [5, 5.41) is 3.21. The summed E-state index contributed by atoms with van der Waals surface area (Å²) in [4.78, 5) is 8.33. The van der Waals surface area contributed by atoms with Gasteiger partial charge in [0.25, 0.3) is 0 Å². The SMILES string of the molecule is CNC(C1=COCC1)c1cnccn1. The van der Waals surface area contributed by atoms with Gasteiger partial charge in [-0.05, 0) is 12.6 Å². The number of hydrogen-bond donors (Lipinski definition) is 1. The van der Waals surface area contributed by atoms with Gasteiger partial charge in [0.05, 0.1) is 30.8 Å². The van der Waals surface area contributed by atoms with Crippen LogP contribution in [0.1, 0.15) is 18.2 Å². The molecule has 2 heterocycles. The van der Waals surface area contributed by atoms with E-state index in [0.717, 1.165) is 18.7 Å². The third kappa shape index (κ3) is 1.75. The van der Waals surface area contributed by atoms with E-state index in [2.05, 4.69) is 15.3 Å². The van der Waals surface area contributed by atoms with Crippen LogP contribution >= 0.6 is 0 Å². The maximum Gasteiger partial charge on any atom is 0.0912 e. The highest BCUT2D eigenvalue weighted by molar-refractivity contribution is 5.20. The van der Waals surface area contributed by atoms with E-state index in [1.54, 1.807) is 18.6 Å². The number of rotatable bonds is 3. The lowest BCUT2D eigenvalue weighted by atomic mass is 10.0. The molecule has 1 aliphatic rings. The van der Waals surface area contributed by atoms with E-state index in [0.29, 0.717) is 0 Å². The Bertz CT molecular complexity index is 323. The summed E-state index contributed by atoms with van der Waals surface area (Å²) in [7, 11) is 1.92. The molecule has 2 rings (SSSR count). The normalized spacial score (nSPS) is 17.4. The Kier molecular flexibility index (Phi) is 2.74. The van der Waals surface area contributed by atoms with Gasteiger partial charge >= 0.3 is 0 Å². The average Bonchev–Trinajstić information content (AvgIpc) is 2.74. The lowest BCUT2D eigenvalue weighted by molar-refractivity contribution is 0.281. The highest BCUT2D eigenvalue weighted by atomic mass is 16.5. The molecule has 0 fully saturated rings. The van der Waals surface area contributed by atoms with Crippen molar-refractivity contribution in [2.75, 3.05) is 13.7 Å². The van der Waals surface area contributed by atoms with E-state index in [1.165, 1.54) is 5.57 Å². The van der Waals surface area contributed by atoms with Crippen LogP contribution in [0.25, 0.3) is 0 Å². The van der Waals surface area contributed by atoms with E-state index < -0.39 is 0 Å². The summed E-state index contributed by atoms with van der Waals surface area (Å²) < 4.78 is 5.21. The van der Waals surface area contributed by atoms with E-state index in [9.17, 15) is 0 Å². The summed E-state index contributed by atoms with van der Waals surface area (Å²) >= 11 is 0. The molecule has 1 unspecified atom stereocenters. The topological polar surface area (TPSA) is 47.0 Å². The maximum absolute atomic E-state index is 5.21. The third-order valence-electron chi connectivity index (χ3n) is 2.28. The Morgan fingerprint density at radius 1 is 1.50 bits per heavy atom. The molecule has 1 atom stereocenters. The zero-order chi connectivity index (χ0) is 9.80. The van der Waals surface area contributed by atoms with E-state index >= 15 is 0 Å². The van der Waals surface area contributed by atoms with Gasteiger partial charge in [0, 0.05) is 18.8 Å². The monoisotopic (exact) mass is 191 g/mol. The molecule has 0 amide bonds. The fraction of sp³-hybridized carbons (Fsp3) is 0.400. The predicted octanol–water partition coefficient (Wildman–Crippen LogP) is 1.04. The maximum atomic E-state index is 5.21. The summed E-state index contributed by atoms with van der Waals surface area (Å²) in [5.41, 5.74) is 2.17. The minimum atomic E-state index is 0.131. The Balaban J connectivity index is 2.21. The largest absolute Gasteiger partial charge is 0.501 e. The molecular weight excluding hydrogens is 178 g/mol. The van der Waals surface area contributed by atoms with Gasteiger partial charge in [0.15, 0.2) is 0 Å². The smallest absolute Gasteiger partial charge is 0.0912 e. The lowest BCUT2D eigenvalue weighted by Gasteiger charge is -2.14. The van der Waals surface area contributed by atoms with Crippen LogP contribution in [0, 0.1) is 0 Å². The number of aromatic nitrogens is 2. The molecule has 0 aliphatic carbocycles. The summed E-state index contributed by atoms with van der Waals surface area (Å²) in [6.45, 7) is 0.772. The van der Waals surface area contributed by atoms with Crippen molar-refractivity contribution in [1.82, 2.24) is 15.3 Å². The second-order valence-corrected chi connectivity index (χ2v) is 3.17. The van der Waals surface area contributed by atoms with Gasteiger partial charge in [0.1, 0.15) is 0 Å². The van der Waals surface area contributed by atoms with Crippen molar-refractivity contribution < 1.29 is 4.74 Å². The summed E-state index contributed by atoms with van der Waals surface area (Å²) in [6.07, 6.45) is 7.93. The van der Waals surface area contributed by atoms with Crippen LogP contribution in [0.3, 0.4) is 0 Å². The molecule has 1 aromatic heterocycles. The molecule has 1 aromatic rings. The fourth-order valence-electron chi connectivity index (χ4n) is 1.60. The minimum absolute atomic E-state index is 0.131. The van der Waals surface area contributed by atoms with Gasteiger partial charge in [-0.25, -0.2) is 0 Å². The first-order valence-corrected chi connectivity index (χ1v) is 4.65. The van der Waals surface area contributed by atoms with Crippen LogP contribution in [0.5, 0.6) is 0 Å². The van der Waals surface area contributed by atoms with Crippen molar-refractivity contribution in [2.24, 2.45) is 0 Å². The number of nitrogens with one attached hydrogen (secondary N) is 1. The van der Waals surface area contributed by atoms with E-state index in [-0.39, 0.29) is 6.04 Å². The number of likely N-dealkylation sites (N-methyl/N-ethyl adjacent to an activating group) is 1. The van der Waals surface area contributed by atoms with Crippen molar-refractivity contribution >= 4 is 0 Å². The highest BCUT2D eigenvalue weighted by Gasteiger charge is 2.19.